The van der Waals surface area contributed by atoms with Gasteiger partial charge in [0.1, 0.15) is 11.5 Å². The molecule has 7 heteroatoms. The van der Waals surface area contributed by atoms with Gasteiger partial charge in [-0.3, -0.25) is 9.59 Å². The second-order valence-corrected chi connectivity index (χ2v) is 7.99. The first-order valence-corrected chi connectivity index (χ1v) is 10.3. The lowest BCUT2D eigenvalue weighted by atomic mass is 9.81. The summed E-state index contributed by atoms with van der Waals surface area (Å²) in [6.45, 7) is 2.51. The first-order chi connectivity index (χ1) is 13.0. The van der Waals surface area contributed by atoms with E-state index in [4.69, 9.17) is 4.74 Å². The SMILES string of the molecule is CCOC(=O)C1(NC(=O)C2CCN(c3ccccc3Br)C2=O)CCCCC1. The second-order valence-electron chi connectivity index (χ2n) is 7.14. The highest BCUT2D eigenvalue weighted by molar-refractivity contribution is 9.10. The highest BCUT2D eigenvalue weighted by atomic mass is 79.9. The van der Waals surface area contributed by atoms with Crippen molar-refractivity contribution >= 4 is 39.4 Å². The third-order valence-corrected chi connectivity index (χ3v) is 6.07. The monoisotopic (exact) mass is 436 g/mol. The van der Waals surface area contributed by atoms with Gasteiger partial charge in [0.25, 0.3) is 0 Å². The van der Waals surface area contributed by atoms with Gasteiger partial charge in [-0.25, -0.2) is 4.79 Å². The number of carbonyl (C=O) groups excluding carboxylic acids is 3. The predicted octanol–water partition coefficient (Wildman–Crippen LogP) is 3.18. The smallest absolute Gasteiger partial charge is 0.331 e. The quantitative estimate of drug-likeness (QED) is 0.567. The number of esters is 1. The van der Waals surface area contributed by atoms with E-state index in [-0.39, 0.29) is 24.4 Å². The zero-order valence-corrected chi connectivity index (χ0v) is 17.1. The molecule has 2 amide bonds. The summed E-state index contributed by atoms with van der Waals surface area (Å²) in [5.74, 6) is -1.75. The molecule has 3 rings (SSSR count). The number of hydrogen-bond donors (Lipinski definition) is 1. The second kappa shape index (κ2) is 8.42. The number of ether oxygens (including phenoxy) is 1. The number of nitrogens with zero attached hydrogens (tertiary/aromatic N) is 1. The van der Waals surface area contributed by atoms with Crippen molar-refractivity contribution in [3.05, 3.63) is 28.7 Å². The van der Waals surface area contributed by atoms with Crippen LogP contribution in [0.5, 0.6) is 0 Å². The Labute approximate surface area is 167 Å². The minimum absolute atomic E-state index is 0.228. The van der Waals surface area contributed by atoms with E-state index in [1.165, 1.54) is 0 Å². The third kappa shape index (κ3) is 4.03. The van der Waals surface area contributed by atoms with Gasteiger partial charge in [-0.1, -0.05) is 31.4 Å². The summed E-state index contributed by atoms with van der Waals surface area (Å²) in [5, 5.41) is 2.90. The van der Waals surface area contributed by atoms with Crippen molar-refractivity contribution in [2.45, 2.75) is 51.0 Å². The number of hydrogen-bond acceptors (Lipinski definition) is 4. The zero-order chi connectivity index (χ0) is 19.4. The molecule has 2 aliphatic rings. The van der Waals surface area contributed by atoms with Gasteiger partial charge in [-0.2, -0.15) is 0 Å². The van der Waals surface area contributed by atoms with Crippen LogP contribution in [0.3, 0.4) is 0 Å². The van der Waals surface area contributed by atoms with Crippen LogP contribution in [0.1, 0.15) is 45.4 Å². The number of anilines is 1. The van der Waals surface area contributed by atoms with Crippen LogP contribution in [0.15, 0.2) is 28.7 Å². The topological polar surface area (TPSA) is 75.7 Å². The van der Waals surface area contributed by atoms with E-state index in [2.05, 4.69) is 21.2 Å². The maximum absolute atomic E-state index is 12.9. The molecular formula is C20H25BrN2O4. The van der Waals surface area contributed by atoms with E-state index in [1.807, 2.05) is 24.3 Å². The maximum atomic E-state index is 12.9. The highest BCUT2D eigenvalue weighted by Crippen LogP contribution is 2.33. The van der Waals surface area contributed by atoms with Gasteiger partial charge in [-0.15, -0.1) is 0 Å². The molecule has 2 fully saturated rings. The lowest BCUT2D eigenvalue weighted by Crippen LogP contribution is -2.58. The van der Waals surface area contributed by atoms with Crippen molar-refractivity contribution in [2.24, 2.45) is 5.92 Å². The molecule has 1 aliphatic heterocycles. The number of amides is 2. The fraction of sp³-hybridized carbons (Fsp3) is 0.550. The van der Waals surface area contributed by atoms with E-state index in [0.29, 0.717) is 25.8 Å². The number of para-hydroxylation sites is 1. The molecule has 1 saturated heterocycles. The van der Waals surface area contributed by atoms with E-state index in [1.54, 1.807) is 11.8 Å². The molecule has 1 N–H and O–H groups in total. The molecule has 27 heavy (non-hydrogen) atoms. The first kappa shape index (κ1) is 19.9. The zero-order valence-electron chi connectivity index (χ0n) is 15.5. The molecule has 0 bridgehead atoms. The normalized spacial score (nSPS) is 21.8. The fourth-order valence-corrected chi connectivity index (χ4v) is 4.46. The maximum Gasteiger partial charge on any atom is 0.331 e. The van der Waals surface area contributed by atoms with Crippen LogP contribution < -0.4 is 10.2 Å². The number of halogens is 1. The molecule has 1 aliphatic carbocycles. The largest absolute Gasteiger partial charge is 0.464 e. The van der Waals surface area contributed by atoms with Crippen molar-refractivity contribution in [1.82, 2.24) is 5.32 Å². The van der Waals surface area contributed by atoms with Crippen molar-refractivity contribution in [3.8, 4) is 0 Å². The minimum Gasteiger partial charge on any atom is -0.464 e. The van der Waals surface area contributed by atoms with Crippen LogP contribution in [0.2, 0.25) is 0 Å². The Balaban J connectivity index is 1.74. The first-order valence-electron chi connectivity index (χ1n) is 9.53. The van der Waals surface area contributed by atoms with Crippen LogP contribution in [0.25, 0.3) is 0 Å². The molecule has 1 atom stereocenters. The van der Waals surface area contributed by atoms with Gasteiger partial charge >= 0.3 is 5.97 Å². The summed E-state index contributed by atoms with van der Waals surface area (Å²) in [7, 11) is 0. The molecule has 1 unspecified atom stereocenters. The molecule has 1 saturated carbocycles. The average molecular weight is 437 g/mol. The van der Waals surface area contributed by atoms with E-state index < -0.39 is 11.5 Å². The molecule has 1 aromatic rings. The third-order valence-electron chi connectivity index (χ3n) is 5.40. The minimum atomic E-state index is -0.994. The number of rotatable bonds is 5. The number of carbonyl (C=O) groups is 3. The molecule has 6 nitrogen and oxygen atoms in total. The standard InChI is InChI=1S/C20H25BrN2O4/c1-2-27-19(26)20(11-6-3-7-12-20)22-17(24)14-10-13-23(18(14)25)16-9-5-4-8-15(16)21/h4-5,8-9,14H,2-3,6-7,10-13H2,1H3,(H,22,24). The van der Waals surface area contributed by atoms with Crippen molar-refractivity contribution in [1.29, 1.82) is 0 Å². The molecule has 0 aromatic heterocycles. The summed E-state index contributed by atoms with van der Waals surface area (Å²) in [6.07, 6.45) is 4.32. The summed E-state index contributed by atoms with van der Waals surface area (Å²) in [5.41, 5.74) is -0.234. The van der Waals surface area contributed by atoms with Crippen molar-refractivity contribution in [3.63, 3.8) is 0 Å². The Bertz CT molecular complexity index is 730. The Morgan fingerprint density at radius 1 is 1.26 bits per heavy atom. The van der Waals surface area contributed by atoms with E-state index in [0.717, 1.165) is 29.4 Å². The lowest BCUT2D eigenvalue weighted by Gasteiger charge is -2.36. The molecule has 0 spiro atoms. The van der Waals surface area contributed by atoms with E-state index in [9.17, 15) is 14.4 Å². The average Bonchev–Trinajstić information content (AvgIpc) is 3.04. The van der Waals surface area contributed by atoms with Crippen LogP contribution in [-0.2, 0) is 19.1 Å². The van der Waals surface area contributed by atoms with Crippen LogP contribution in [0.4, 0.5) is 5.69 Å². The van der Waals surface area contributed by atoms with Gasteiger partial charge in [0, 0.05) is 11.0 Å². The molecule has 146 valence electrons. The van der Waals surface area contributed by atoms with Gasteiger partial charge in [-0.05, 0) is 54.2 Å². The summed E-state index contributed by atoms with van der Waals surface area (Å²) in [4.78, 5) is 40.0. The molecule has 1 aromatic carbocycles. The summed E-state index contributed by atoms with van der Waals surface area (Å²) in [6, 6.07) is 7.46. The number of benzene rings is 1. The van der Waals surface area contributed by atoms with Gasteiger partial charge in [0.2, 0.25) is 11.8 Å². The van der Waals surface area contributed by atoms with Crippen molar-refractivity contribution in [2.75, 3.05) is 18.1 Å². The fourth-order valence-electron chi connectivity index (χ4n) is 3.96. The van der Waals surface area contributed by atoms with Gasteiger partial charge in [0.05, 0.1) is 12.3 Å². The Hall–Kier alpha value is -1.89. The van der Waals surface area contributed by atoms with Crippen LogP contribution >= 0.6 is 15.9 Å². The molecule has 1 heterocycles. The number of nitrogens with one attached hydrogen (secondary N) is 1. The van der Waals surface area contributed by atoms with Gasteiger partial charge in [0.15, 0.2) is 0 Å². The van der Waals surface area contributed by atoms with Gasteiger partial charge < -0.3 is 15.0 Å². The Kier molecular flexibility index (Phi) is 6.19. The summed E-state index contributed by atoms with van der Waals surface area (Å²) < 4.78 is 6.04. The van der Waals surface area contributed by atoms with E-state index >= 15 is 0 Å². The lowest BCUT2D eigenvalue weighted by molar-refractivity contribution is -0.156. The van der Waals surface area contributed by atoms with Crippen molar-refractivity contribution < 1.29 is 19.1 Å². The summed E-state index contributed by atoms with van der Waals surface area (Å²) >= 11 is 3.46. The van der Waals surface area contributed by atoms with Crippen LogP contribution in [0, 0.1) is 5.92 Å². The Morgan fingerprint density at radius 3 is 2.63 bits per heavy atom. The van der Waals surface area contributed by atoms with Crippen LogP contribution in [-0.4, -0.2) is 36.5 Å². The predicted molar refractivity (Wildman–Crippen MR) is 105 cm³/mol. The highest BCUT2D eigenvalue weighted by Gasteiger charge is 2.46. The molecular weight excluding hydrogens is 412 g/mol. The molecule has 0 radical (unpaired) electrons. The Morgan fingerprint density at radius 2 is 1.96 bits per heavy atom.